The number of benzene rings is 2. The minimum absolute atomic E-state index is 0.0253. The summed E-state index contributed by atoms with van der Waals surface area (Å²) in [6.45, 7) is 2.36. The molecule has 26 heavy (non-hydrogen) atoms. The molecule has 0 spiro atoms. The molecule has 5 nitrogen and oxygen atoms in total. The molecule has 1 saturated heterocycles. The van der Waals surface area contributed by atoms with Gasteiger partial charge in [0.05, 0.1) is 18.6 Å². The summed E-state index contributed by atoms with van der Waals surface area (Å²) in [5.74, 6) is 0.161. The van der Waals surface area contributed by atoms with E-state index in [9.17, 15) is 9.90 Å². The molecule has 0 bridgehead atoms. The normalized spacial score (nSPS) is 15.8. The Kier molecular flexibility index (Phi) is 6.50. The van der Waals surface area contributed by atoms with Crippen molar-refractivity contribution in [2.75, 3.05) is 42.0 Å². The van der Waals surface area contributed by atoms with E-state index >= 15 is 0 Å². The average Bonchev–Trinajstić information content (AvgIpc) is 2.69. The third kappa shape index (κ3) is 4.75. The van der Waals surface area contributed by atoms with Crippen LogP contribution in [0.5, 0.6) is 0 Å². The van der Waals surface area contributed by atoms with Gasteiger partial charge in [-0.25, -0.2) is 0 Å². The van der Waals surface area contributed by atoms with Gasteiger partial charge in [-0.1, -0.05) is 30.3 Å². The van der Waals surface area contributed by atoms with Crippen molar-refractivity contribution in [3.63, 3.8) is 0 Å². The smallest absolute Gasteiger partial charge is 0.253 e. The summed E-state index contributed by atoms with van der Waals surface area (Å²) in [5, 5.41) is 10.0. The number of ether oxygens (including phenoxy) is 1. The van der Waals surface area contributed by atoms with Gasteiger partial charge in [0.15, 0.2) is 0 Å². The van der Waals surface area contributed by atoms with E-state index < -0.39 is 6.10 Å². The lowest BCUT2D eigenvalue weighted by atomic mass is 10.1. The molecule has 1 amide bonds. The zero-order chi connectivity index (χ0) is 18.4. The van der Waals surface area contributed by atoms with Gasteiger partial charge in [0, 0.05) is 31.0 Å². The van der Waals surface area contributed by atoms with Crippen LogP contribution >= 0.6 is 11.6 Å². The number of amides is 1. The van der Waals surface area contributed by atoms with Gasteiger partial charge in [0.2, 0.25) is 0 Å². The first-order valence-electron chi connectivity index (χ1n) is 8.68. The number of anilines is 2. The van der Waals surface area contributed by atoms with Crippen LogP contribution in [0.25, 0.3) is 0 Å². The van der Waals surface area contributed by atoms with Crippen LogP contribution in [0.3, 0.4) is 0 Å². The van der Waals surface area contributed by atoms with E-state index in [-0.39, 0.29) is 18.4 Å². The minimum atomic E-state index is -0.610. The third-order valence-electron chi connectivity index (χ3n) is 4.34. The molecular formula is C20H23ClN2O3. The lowest BCUT2D eigenvalue weighted by Gasteiger charge is -2.29. The molecule has 2 aromatic rings. The number of carbonyl (C=O) groups is 1. The maximum atomic E-state index is 12.0. The summed E-state index contributed by atoms with van der Waals surface area (Å²) in [6.07, 6.45) is -0.610. The van der Waals surface area contributed by atoms with Crippen molar-refractivity contribution in [3.8, 4) is 0 Å². The van der Waals surface area contributed by atoms with Crippen molar-refractivity contribution in [2.45, 2.75) is 12.6 Å². The van der Waals surface area contributed by atoms with Crippen molar-refractivity contribution >= 4 is 28.9 Å². The van der Waals surface area contributed by atoms with Crippen molar-refractivity contribution in [1.29, 1.82) is 0 Å². The topological polar surface area (TPSA) is 53.0 Å². The maximum Gasteiger partial charge on any atom is 0.253 e. The summed E-state index contributed by atoms with van der Waals surface area (Å²) in [6, 6.07) is 17.9. The Morgan fingerprint density at radius 1 is 1.15 bits per heavy atom. The Bertz CT molecular complexity index is 709. The molecule has 1 aliphatic heterocycles. The van der Waals surface area contributed by atoms with Gasteiger partial charge in [0.1, 0.15) is 6.61 Å². The SMILES string of the molecule is O=C1COCCN1c1ccc(N(Cc2ccccc2)CC(O)CCl)cc1. The largest absolute Gasteiger partial charge is 0.390 e. The predicted molar refractivity (Wildman–Crippen MR) is 104 cm³/mol. The van der Waals surface area contributed by atoms with Crippen LogP contribution < -0.4 is 9.80 Å². The molecule has 1 N–H and O–H groups in total. The number of aliphatic hydroxyl groups is 1. The highest BCUT2D eigenvalue weighted by Gasteiger charge is 2.20. The van der Waals surface area contributed by atoms with Gasteiger partial charge >= 0.3 is 0 Å². The zero-order valence-corrected chi connectivity index (χ0v) is 15.3. The summed E-state index contributed by atoms with van der Waals surface area (Å²) >= 11 is 5.80. The molecule has 1 fully saturated rings. The Hall–Kier alpha value is -2.08. The van der Waals surface area contributed by atoms with Gasteiger partial charge in [-0.3, -0.25) is 4.79 Å². The molecule has 1 unspecified atom stereocenters. The summed E-state index contributed by atoms with van der Waals surface area (Å²) in [5.41, 5.74) is 2.99. The lowest BCUT2D eigenvalue weighted by Crippen LogP contribution is -2.41. The molecule has 6 heteroatoms. The van der Waals surface area contributed by atoms with E-state index in [0.717, 1.165) is 16.9 Å². The Morgan fingerprint density at radius 3 is 2.54 bits per heavy atom. The fourth-order valence-electron chi connectivity index (χ4n) is 3.00. The van der Waals surface area contributed by atoms with Crippen LogP contribution in [0.1, 0.15) is 5.56 Å². The molecule has 0 radical (unpaired) electrons. The monoisotopic (exact) mass is 374 g/mol. The second-order valence-corrected chi connectivity index (χ2v) is 6.60. The summed E-state index contributed by atoms with van der Waals surface area (Å²) in [7, 11) is 0. The molecule has 3 rings (SSSR count). The maximum absolute atomic E-state index is 12.0. The number of alkyl halides is 1. The van der Waals surface area contributed by atoms with Crippen LogP contribution in [0.2, 0.25) is 0 Å². The average molecular weight is 375 g/mol. The first kappa shape index (κ1) is 18.7. The second-order valence-electron chi connectivity index (χ2n) is 6.29. The first-order chi connectivity index (χ1) is 12.7. The number of hydrogen-bond acceptors (Lipinski definition) is 4. The molecule has 1 atom stereocenters. The van der Waals surface area contributed by atoms with E-state index in [0.29, 0.717) is 26.2 Å². The van der Waals surface area contributed by atoms with Gasteiger partial charge in [0.25, 0.3) is 5.91 Å². The van der Waals surface area contributed by atoms with Crippen LogP contribution in [-0.2, 0) is 16.1 Å². The highest BCUT2D eigenvalue weighted by molar-refractivity contribution is 6.18. The minimum Gasteiger partial charge on any atom is -0.390 e. The van der Waals surface area contributed by atoms with Crippen LogP contribution in [-0.4, -0.2) is 49.3 Å². The Balaban J connectivity index is 1.78. The molecular weight excluding hydrogens is 352 g/mol. The molecule has 0 aromatic heterocycles. The summed E-state index contributed by atoms with van der Waals surface area (Å²) in [4.78, 5) is 15.8. The molecule has 1 heterocycles. The zero-order valence-electron chi connectivity index (χ0n) is 14.6. The number of rotatable bonds is 7. The van der Waals surface area contributed by atoms with Crippen molar-refractivity contribution < 1.29 is 14.6 Å². The van der Waals surface area contributed by atoms with E-state index in [2.05, 4.69) is 17.0 Å². The fourth-order valence-corrected chi connectivity index (χ4v) is 3.10. The van der Waals surface area contributed by atoms with Gasteiger partial charge < -0.3 is 19.6 Å². The molecule has 2 aromatic carbocycles. The van der Waals surface area contributed by atoms with Gasteiger partial charge in [-0.2, -0.15) is 0 Å². The van der Waals surface area contributed by atoms with Crippen LogP contribution in [0, 0.1) is 0 Å². The number of halogens is 1. The number of morpholine rings is 1. The van der Waals surface area contributed by atoms with E-state index in [1.54, 1.807) is 4.90 Å². The highest BCUT2D eigenvalue weighted by Crippen LogP contribution is 2.24. The molecule has 1 aliphatic rings. The summed E-state index contributed by atoms with van der Waals surface area (Å²) < 4.78 is 5.18. The van der Waals surface area contributed by atoms with Gasteiger partial charge in [-0.15, -0.1) is 11.6 Å². The van der Waals surface area contributed by atoms with Crippen LogP contribution in [0.4, 0.5) is 11.4 Å². The number of nitrogens with zero attached hydrogens (tertiary/aromatic N) is 2. The van der Waals surface area contributed by atoms with Crippen molar-refractivity contribution in [2.24, 2.45) is 0 Å². The van der Waals surface area contributed by atoms with E-state index in [1.807, 2.05) is 42.5 Å². The highest BCUT2D eigenvalue weighted by atomic mass is 35.5. The Labute approximate surface area is 158 Å². The predicted octanol–water partition coefficient (Wildman–Crippen LogP) is 2.66. The van der Waals surface area contributed by atoms with Crippen molar-refractivity contribution in [3.05, 3.63) is 60.2 Å². The standard InChI is InChI=1S/C20H23ClN2O3/c21-12-19(24)14-22(13-16-4-2-1-3-5-16)17-6-8-18(9-7-17)23-10-11-26-15-20(23)25/h1-9,19,24H,10-15H2. The molecule has 0 aliphatic carbocycles. The van der Waals surface area contributed by atoms with Gasteiger partial charge in [-0.05, 0) is 29.8 Å². The van der Waals surface area contributed by atoms with E-state index in [1.165, 1.54) is 0 Å². The fraction of sp³-hybridized carbons (Fsp3) is 0.350. The molecule has 138 valence electrons. The quantitative estimate of drug-likeness (QED) is 0.757. The van der Waals surface area contributed by atoms with Crippen molar-refractivity contribution in [1.82, 2.24) is 0 Å². The third-order valence-corrected chi connectivity index (χ3v) is 4.69. The number of aliphatic hydroxyl groups excluding tert-OH is 1. The molecule has 0 saturated carbocycles. The number of hydrogen-bond donors (Lipinski definition) is 1. The second kappa shape index (κ2) is 9.03. The Morgan fingerprint density at radius 2 is 1.88 bits per heavy atom. The van der Waals surface area contributed by atoms with E-state index in [4.69, 9.17) is 16.3 Å². The van der Waals surface area contributed by atoms with Crippen LogP contribution in [0.15, 0.2) is 54.6 Å². The first-order valence-corrected chi connectivity index (χ1v) is 9.22. The number of carbonyl (C=O) groups excluding carboxylic acids is 1. The lowest BCUT2D eigenvalue weighted by molar-refractivity contribution is -0.125.